The summed E-state index contributed by atoms with van der Waals surface area (Å²) in [5.41, 5.74) is 1.78. The molecule has 0 aliphatic carbocycles. The van der Waals surface area contributed by atoms with Crippen LogP contribution >= 0.6 is 11.3 Å². The van der Waals surface area contributed by atoms with Crippen LogP contribution in [0.1, 0.15) is 28.2 Å². The minimum atomic E-state index is -0.210. The smallest absolute Gasteiger partial charge is 0.264 e. The van der Waals surface area contributed by atoms with Crippen LogP contribution in [0.25, 0.3) is 15.9 Å². The number of hydrogen-bond acceptors (Lipinski definition) is 5. The number of fused-ring (bicyclic) bond motifs is 1. The van der Waals surface area contributed by atoms with Crippen molar-refractivity contribution in [1.29, 1.82) is 0 Å². The van der Waals surface area contributed by atoms with E-state index in [4.69, 9.17) is 9.47 Å². The third-order valence-corrected chi connectivity index (χ3v) is 5.87. The number of amides is 1. The molecule has 0 radical (unpaired) electrons. The highest BCUT2D eigenvalue weighted by Crippen LogP contribution is 2.34. The average Bonchev–Trinajstić information content (AvgIpc) is 3.40. The fourth-order valence-corrected chi connectivity index (χ4v) is 4.33. The second-order valence-corrected chi connectivity index (χ2v) is 7.53. The molecule has 0 aliphatic heterocycles. The molecule has 0 spiro atoms. The number of carbonyl (C=O) groups excluding carboxylic acids is 1. The second kappa shape index (κ2) is 7.97. The van der Waals surface area contributed by atoms with E-state index in [1.165, 1.54) is 11.3 Å². The molecule has 6 nitrogen and oxygen atoms in total. The molecule has 29 heavy (non-hydrogen) atoms. The number of thiophene rings is 1. The Morgan fingerprint density at radius 3 is 2.59 bits per heavy atom. The first-order chi connectivity index (χ1) is 14.1. The molecule has 3 heterocycles. The SMILES string of the molecule is COc1ccc([C@@H](C)NC(=O)c2sc3ncccc3c2-n2cccc2)cc1OC. The van der Waals surface area contributed by atoms with Crippen LogP contribution in [0.15, 0.2) is 61.1 Å². The van der Waals surface area contributed by atoms with Gasteiger partial charge in [-0.1, -0.05) is 6.07 Å². The number of benzene rings is 1. The molecule has 0 fully saturated rings. The van der Waals surface area contributed by atoms with Crippen LogP contribution in [-0.4, -0.2) is 29.7 Å². The maximum absolute atomic E-state index is 13.2. The molecule has 148 valence electrons. The lowest BCUT2D eigenvalue weighted by atomic mass is 10.1. The molecule has 1 atom stereocenters. The van der Waals surface area contributed by atoms with Gasteiger partial charge in [-0.05, 0) is 48.9 Å². The number of nitrogens with one attached hydrogen (secondary N) is 1. The van der Waals surface area contributed by atoms with Crippen molar-refractivity contribution in [1.82, 2.24) is 14.9 Å². The highest BCUT2D eigenvalue weighted by molar-refractivity contribution is 7.21. The van der Waals surface area contributed by atoms with Crippen LogP contribution in [0.3, 0.4) is 0 Å². The fraction of sp³-hybridized carbons (Fsp3) is 0.182. The van der Waals surface area contributed by atoms with Gasteiger partial charge in [-0.2, -0.15) is 0 Å². The molecular weight excluding hydrogens is 386 g/mol. The molecule has 4 aromatic rings. The molecule has 0 saturated carbocycles. The Balaban J connectivity index is 1.67. The lowest BCUT2D eigenvalue weighted by Gasteiger charge is -2.17. The van der Waals surface area contributed by atoms with E-state index in [2.05, 4.69) is 10.3 Å². The number of ether oxygens (including phenoxy) is 2. The lowest BCUT2D eigenvalue weighted by molar-refractivity contribution is 0.0944. The van der Waals surface area contributed by atoms with Gasteiger partial charge in [-0.3, -0.25) is 4.79 Å². The molecule has 1 aromatic carbocycles. The standard InChI is InChI=1S/C22H21N3O3S/c1-14(15-8-9-17(27-2)18(13-15)28-3)24-21(26)20-19(25-11-4-5-12-25)16-7-6-10-23-22(16)29-20/h4-14H,1-3H3,(H,24,26)/t14-/m1/s1. The molecular formula is C22H21N3O3S. The third kappa shape index (κ3) is 3.56. The number of carbonyl (C=O) groups is 1. The molecule has 7 heteroatoms. The van der Waals surface area contributed by atoms with Gasteiger partial charge in [0.15, 0.2) is 11.5 Å². The van der Waals surface area contributed by atoms with Crippen molar-refractivity contribution in [3.05, 3.63) is 71.5 Å². The summed E-state index contributed by atoms with van der Waals surface area (Å²) in [5, 5.41) is 4.05. The Labute approximate surface area is 172 Å². The van der Waals surface area contributed by atoms with E-state index in [0.29, 0.717) is 16.4 Å². The lowest BCUT2D eigenvalue weighted by Crippen LogP contribution is -2.26. The molecule has 0 aliphatic rings. The first-order valence-corrected chi connectivity index (χ1v) is 9.97. The number of nitrogens with zero attached hydrogens (tertiary/aromatic N) is 2. The van der Waals surface area contributed by atoms with Crippen LogP contribution in [0, 0.1) is 0 Å². The fourth-order valence-electron chi connectivity index (χ4n) is 3.28. The van der Waals surface area contributed by atoms with Crippen molar-refractivity contribution < 1.29 is 14.3 Å². The summed E-state index contributed by atoms with van der Waals surface area (Å²) in [6.07, 6.45) is 5.61. The van der Waals surface area contributed by atoms with Gasteiger partial charge in [0.1, 0.15) is 9.71 Å². The summed E-state index contributed by atoms with van der Waals surface area (Å²) in [6.45, 7) is 1.94. The van der Waals surface area contributed by atoms with Crippen LogP contribution in [0.4, 0.5) is 0 Å². The minimum Gasteiger partial charge on any atom is -0.493 e. The maximum atomic E-state index is 13.2. The van der Waals surface area contributed by atoms with Gasteiger partial charge in [-0.15, -0.1) is 11.3 Å². The Hall–Kier alpha value is -3.32. The van der Waals surface area contributed by atoms with E-state index in [1.54, 1.807) is 20.4 Å². The molecule has 4 rings (SSSR count). The number of hydrogen-bond donors (Lipinski definition) is 1. The minimum absolute atomic E-state index is 0.140. The zero-order valence-electron chi connectivity index (χ0n) is 16.4. The topological polar surface area (TPSA) is 65.4 Å². The van der Waals surface area contributed by atoms with E-state index in [-0.39, 0.29) is 11.9 Å². The summed E-state index contributed by atoms with van der Waals surface area (Å²) in [4.78, 5) is 19.1. The van der Waals surface area contributed by atoms with E-state index in [9.17, 15) is 4.79 Å². The molecule has 1 N–H and O–H groups in total. The molecule has 0 bridgehead atoms. The first-order valence-electron chi connectivity index (χ1n) is 9.16. The zero-order valence-corrected chi connectivity index (χ0v) is 17.2. The van der Waals surface area contributed by atoms with Crippen molar-refractivity contribution in [3.63, 3.8) is 0 Å². The summed E-state index contributed by atoms with van der Waals surface area (Å²) in [5.74, 6) is 1.14. The highest BCUT2D eigenvalue weighted by Gasteiger charge is 2.22. The quantitative estimate of drug-likeness (QED) is 0.507. The summed E-state index contributed by atoms with van der Waals surface area (Å²) < 4.78 is 12.6. The first kappa shape index (κ1) is 19.0. The van der Waals surface area contributed by atoms with Crippen molar-refractivity contribution in [3.8, 4) is 17.2 Å². The number of pyridine rings is 1. The van der Waals surface area contributed by atoms with Crippen molar-refractivity contribution in [2.24, 2.45) is 0 Å². The van der Waals surface area contributed by atoms with Crippen molar-refractivity contribution >= 4 is 27.5 Å². The number of aromatic nitrogens is 2. The Morgan fingerprint density at radius 2 is 1.86 bits per heavy atom. The van der Waals surface area contributed by atoms with E-state index < -0.39 is 0 Å². The zero-order chi connectivity index (χ0) is 20.4. The predicted octanol–water partition coefficient (Wildman–Crippen LogP) is 4.60. The number of methoxy groups -OCH3 is 2. The van der Waals surface area contributed by atoms with Crippen LogP contribution < -0.4 is 14.8 Å². The van der Waals surface area contributed by atoms with Gasteiger partial charge >= 0.3 is 0 Å². The van der Waals surface area contributed by atoms with E-state index in [1.807, 2.05) is 66.3 Å². The van der Waals surface area contributed by atoms with E-state index >= 15 is 0 Å². The van der Waals surface area contributed by atoms with Gasteiger partial charge < -0.3 is 19.4 Å². The highest BCUT2D eigenvalue weighted by atomic mass is 32.1. The van der Waals surface area contributed by atoms with Gasteiger partial charge in [0.25, 0.3) is 5.91 Å². The van der Waals surface area contributed by atoms with Crippen molar-refractivity contribution in [2.75, 3.05) is 14.2 Å². The number of rotatable bonds is 6. The summed E-state index contributed by atoms with van der Waals surface area (Å²) in [6, 6.07) is 13.2. The monoisotopic (exact) mass is 407 g/mol. The van der Waals surface area contributed by atoms with Crippen molar-refractivity contribution in [2.45, 2.75) is 13.0 Å². The normalized spacial score (nSPS) is 12.0. The van der Waals surface area contributed by atoms with Gasteiger partial charge in [0.05, 0.1) is 25.9 Å². The van der Waals surface area contributed by atoms with Crippen LogP contribution in [0.2, 0.25) is 0 Å². The largest absolute Gasteiger partial charge is 0.493 e. The third-order valence-electron chi connectivity index (χ3n) is 4.76. The Kier molecular flexibility index (Phi) is 5.22. The average molecular weight is 407 g/mol. The Bertz CT molecular complexity index is 1150. The van der Waals surface area contributed by atoms with Gasteiger partial charge in [-0.25, -0.2) is 4.98 Å². The molecule has 1 amide bonds. The summed E-state index contributed by atoms with van der Waals surface area (Å²) in [7, 11) is 3.19. The van der Waals surface area contributed by atoms with Crippen LogP contribution in [0.5, 0.6) is 11.5 Å². The maximum Gasteiger partial charge on any atom is 0.264 e. The predicted molar refractivity (Wildman–Crippen MR) is 114 cm³/mol. The molecule has 0 unspecified atom stereocenters. The van der Waals surface area contributed by atoms with Gasteiger partial charge in [0, 0.05) is 24.0 Å². The molecule has 0 saturated heterocycles. The Morgan fingerprint density at radius 1 is 1.10 bits per heavy atom. The summed E-state index contributed by atoms with van der Waals surface area (Å²) >= 11 is 1.39. The second-order valence-electron chi connectivity index (χ2n) is 6.54. The van der Waals surface area contributed by atoms with Gasteiger partial charge in [0.2, 0.25) is 0 Å². The van der Waals surface area contributed by atoms with Crippen LogP contribution in [-0.2, 0) is 0 Å². The van der Waals surface area contributed by atoms with E-state index in [0.717, 1.165) is 21.5 Å². The molecule has 3 aromatic heterocycles.